The van der Waals surface area contributed by atoms with E-state index < -0.39 is 17.7 Å². The number of hydrogen-bond donors (Lipinski definition) is 1. The second kappa shape index (κ2) is 5.08. The van der Waals surface area contributed by atoms with E-state index in [9.17, 15) is 18.0 Å². The van der Waals surface area contributed by atoms with Crippen molar-refractivity contribution < 1.29 is 23.1 Å². The number of hydrogen-bond acceptors (Lipinski definition) is 3. The van der Waals surface area contributed by atoms with Crippen molar-refractivity contribution in [1.82, 2.24) is 4.98 Å². The number of aromatic nitrogens is 1. The highest BCUT2D eigenvalue weighted by molar-refractivity contribution is 8.00. The van der Waals surface area contributed by atoms with Gasteiger partial charge in [0.1, 0.15) is 0 Å². The van der Waals surface area contributed by atoms with Gasteiger partial charge in [0.25, 0.3) is 0 Å². The van der Waals surface area contributed by atoms with Crippen LogP contribution in [-0.4, -0.2) is 21.8 Å². The van der Waals surface area contributed by atoms with E-state index >= 15 is 0 Å². The molecule has 0 spiro atoms. The number of alkyl halides is 3. The molecule has 19 heavy (non-hydrogen) atoms. The molecule has 0 atom stereocenters. The number of carboxylic acid groups (broad SMARTS) is 1. The molecule has 0 unspecified atom stereocenters. The van der Waals surface area contributed by atoms with Crippen LogP contribution in [0.3, 0.4) is 0 Å². The molecular weight excluding hydrogens is 279 g/mol. The maximum Gasteiger partial charge on any atom is 0.416 e. The van der Waals surface area contributed by atoms with Gasteiger partial charge in [-0.3, -0.25) is 9.78 Å². The summed E-state index contributed by atoms with van der Waals surface area (Å²) in [6.45, 7) is 0. The van der Waals surface area contributed by atoms with Gasteiger partial charge in [0.2, 0.25) is 0 Å². The van der Waals surface area contributed by atoms with Gasteiger partial charge >= 0.3 is 12.1 Å². The summed E-state index contributed by atoms with van der Waals surface area (Å²) < 4.78 is 37.9. The van der Waals surface area contributed by atoms with Gasteiger partial charge in [0.05, 0.1) is 16.8 Å². The smallest absolute Gasteiger partial charge is 0.416 e. The Hall–Kier alpha value is -1.76. The lowest BCUT2D eigenvalue weighted by atomic mass is 10.1. The first-order valence-corrected chi connectivity index (χ1v) is 6.17. The van der Waals surface area contributed by atoms with Crippen molar-refractivity contribution in [2.45, 2.75) is 11.1 Å². The Morgan fingerprint density at radius 2 is 2.05 bits per heavy atom. The van der Waals surface area contributed by atoms with Crippen LogP contribution >= 0.6 is 11.8 Å². The predicted octanol–water partition coefficient (Wildman–Crippen LogP) is 3.43. The summed E-state index contributed by atoms with van der Waals surface area (Å²) in [6, 6.07) is 4.74. The van der Waals surface area contributed by atoms with Gasteiger partial charge in [0.15, 0.2) is 0 Å². The quantitative estimate of drug-likeness (QED) is 0.879. The van der Waals surface area contributed by atoms with Gasteiger partial charge in [0, 0.05) is 16.5 Å². The molecule has 1 heterocycles. The molecule has 1 N–H and O–H groups in total. The Balaban J connectivity index is 2.49. The predicted molar refractivity (Wildman–Crippen MR) is 65.1 cm³/mol. The molecule has 2 rings (SSSR count). The molecule has 0 saturated heterocycles. The zero-order valence-corrected chi connectivity index (χ0v) is 10.3. The lowest BCUT2D eigenvalue weighted by Crippen LogP contribution is -2.04. The van der Waals surface area contributed by atoms with Crippen LogP contribution in [0.1, 0.15) is 5.56 Å². The van der Waals surface area contributed by atoms with E-state index in [1.807, 2.05) is 0 Å². The van der Waals surface area contributed by atoms with Gasteiger partial charge in [-0.05, 0) is 24.3 Å². The summed E-state index contributed by atoms with van der Waals surface area (Å²) in [5, 5.41) is 8.92. The molecule has 0 fully saturated rings. The van der Waals surface area contributed by atoms with Gasteiger partial charge in [-0.25, -0.2) is 0 Å². The summed E-state index contributed by atoms with van der Waals surface area (Å²) in [5.41, 5.74) is -0.367. The van der Waals surface area contributed by atoms with Crippen LogP contribution in [0, 0.1) is 0 Å². The van der Waals surface area contributed by atoms with Crippen LogP contribution < -0.4 is 0 Å². The molecule has 0 bridgehead atoms. The highest BCUT2D eigenvalue weighted by atomic mass is 32.2. The fraction of sp³-hybridized carbons (Fsp3) is 0.167. The van der Waals surface area contributed by atoms with Crippen molar-refractivity contribution in [2.24, 2.45) is 0 Å². The maximum atomic E-state index is 12.6. The van der Waals surface area contributed by atoms with Crippen LogP contribution in [0.2, 0.25) is 0 Å². The zero-order chi connectivity index (χ0) is 14.0. The molecule has 1 aromatic heterocycles. The minimum Gasteiger partial charge on any atom is -0.481 e. The van der Waals surface area contributed by atoms with E-state index in [0.717, 1.165) is 23.9 Å². The Bertz CT molecular complexity index is 628. The van der Waals surface area contributed by atoms with E-state index in [1.165, 1.54) is 18.3 Å². The summed E-state index contributed by atoms with van der Waals surface area (Å²) in [4.78, 5) is 15.0. The van der Waals surface area contributed by atoms with Crippen molar-refractivity contribution in [3.8, 4) is 0 Å². The summed E-state index contributed by atoms with van der Waals surface area (Å²) in [7, 11) is 0. The molecule has 100 valence electrons. The third kappa shape index (κ3) is 3.17. The first-order valence-electron chi connectivity index (χ1n) is 5.18. The van der Waals surface area contributed by atoms with Crippen molar-refractivity contribution in [1.29, 1.82) is 0 Å². The lowest BCUT2D eigenvalue weighted by Gasteiger charge is -2.09. The highest BCUT2D eigenvalue weighted by Crippen LogP contribution is 2.34. The van der Waals surface area contributed by atoms with Crippen LogP contribution in [0.5, 0.6) is 0 Å². The number of rotatable bonds is 3. The standard InChI is InChI=1S/C12H8F3NO2S/c13-12(14,15)7-1-2-9-8(5-7)10(3-4-16-9)19-6-11(17)18/h1-5H,6H2,(H,17,18). The first-order chi connectivity index (χ1) is 8.88. The molecule has 0 aliphatic rings. The second-order valence-corrected chi connectivity index (χ2v) is 4.74. The van der Waals surface area contributed by atoms with Crippen LogP contribution in [0.4, 0.5) is 13.2 Å². The zero-order valence-electron chi connectivity index (χ0n) is 9.44. The minimum absolute atomic E-state index is 0.213. The number of aliphatic carboxylic acids is 1. The summed E-state index contributed by atoms with van der Waals surface area (Å²) >= 11 is 0.970. The fourth-order valence-electron chi connectivity index (χ4n) is 1.56. The number of fused-ring (bicyclic) bond motifs is 1. The van der Waals surface area contributed by atoms with E-state index in [1.54, 1.807) is 0 Å². The summed E-state index contributed by atoms with van der Waals surface area (Å²) in [6.07, 6.45) is -2.99. The number of nitrogens with zero attached hydrogens (tertiary/aromatic N) is 1. The van der Waals surface area contributed by atoms with Crippen molar-refractivity contribution in [3.63, 3.8) is 0 Å². The van der Waals surface area contributed by atoms with E-state index in [4.69, 9.17) is 5.11 Å². The molecule has 0 aliphatic heterocycles. The Morgan fingerprint density at radius 1 is 1.32 bits per heavy atom. The SMILES string of the molecule is O=C(O)CSc1ccnc2ccc(C(F)(F)F)cc12. The Morgan fingerprint density at radius 3 is 2.68 bits per heavy atom. The molecule has 3 nitrogen and oxygen atoms in total. The molecule has 0 amide bonds. The van der Waals surface area contributed by atoms with Gasteiger partial charge in [-0.1, -0.05) is 0 Å². The minimum atomic E-state index is -4.43. The molecule has 0 aliphatic carbocycles. The van der Waals surface area contributed by atoms with E-state index in [2.05, 4.69) is 4.98 Å². The Labute approximate surface area is 110 Å². The third-order valence-electron chi connectivity index (χ3n) is 2.38. The van der Waals surface area contributed by atoms with Crippen molar-refractivity contribution in [2.75, 3.05) is 5.75 Å². The topological polar surface area (TPSA) is 50.2 Å². The fourth-order valence-corrected chi connectivity index (χ4v) is 2.32. The molecule has 7 heteroatoms. The van der Waals surface area contributed by atoms with Gasteiger partial charge in [-0.2, -0.15) is 13.2 Å². The number of thioether (sulfide) groups is 1. The maximum absolute atomic E-state index is 12.6. The first kappa shape index (κ1) is 13.7. The molecule has 0 saturated carbocycles. The average molecular weight is 287 g/mol. The third-order valence-corrected chi connectivity index (χ3v) is 3.44. The van der Waals surface area contributed by atoms with Crippen molar-refractivity contribution >= 4 is 28.6 Å². The van der Waals surface area contributed by atoms with Crippen LogP contribution in [-0.2, 0) is 11.0 Å². The molecular formula is C12H8F3NO2S. The van der Waals surface area contributed by atoms with E-state index in [0.29, 0.717) is 15.8 Å². The van der Waals surface area contributed by atoms with Crippen molar-refractivity contribution in [3.05, 3.63) is 36.0 Å². The number of pyridine rings is 1. The average Bonchev–Trinajstić information content (AvgIpc) is 2.34. The monoisotopic (exact) mass is 287 g/mol. The number of carbonyl (C=O) groups is 1. The lowest BCUT2D eigenvalue weighted by molar-refractivity contribution is -0.137. The van der Waals surface area contributed by atoms with Crippen LogP contribution in [0.25, 0.3) is 10.9 Å². The second-order valence-electron chi connectivity index (χ2n) is 3.72. The van der Waals surface area contributed by atoms with Gasteiger partial charge < -0.3 is 5.11 Å². The molecule has 1 aromatic carbocycles. The summed E-state index contributed by atoms with van der Waals surface area (Å²) in [5.74, 6) is -1.24. The number of halogens is 3. The molecule has 0 radical (unpaired) electrons. The molecule has 2 aromatic rings. The largest absolute Gasteiger partial charge is 0.481 e. The number of benzene rings is 1. The number of carboxylic acids is 1. The van der Waals surface area contributed by atoms with Crippen LogP contribution in [0.15, 0.2) is 35.4 Å². The highest BCUT2D eigenvalue weighted by Gasteiger charge is 2.30. The van der Waals surface area contributed by atoms with Gasteiger partial charge in [-0.15, -0.1) is 11.8 Å². The normalized spacial score (nSPS) is 11.7. The Kier molecular flexibility index (Phi) is 3.66. The van der Waals surface area contributed by atoms with E-state index in [-0.39, 0.29) is 5.75 Å².